The molecule has 9 nitrogen and oxygen atoms in total. The van der Waals surface area contributed by atoms with E-state index in [2.05, 4.69) is 20.6 Å². The number of hydrogen-bond donors (Lipinski definition) is 2. The number of amides is 3. The molecule has 1 aliphatic rings. The van der Waals surface area contributed by atoms with Crippen molar-refractivity contribution in [2.75, 3.05) is 24.7 Å². The number of carbonyl (C=O) groups excluding carboxylic acids is 3. The van der Waals surface area contributed by atoms with Crippen molar-refractivity contribution >= 4 is 40.2 Å². The summed E-state index contributed by atoms with van der Waals surface area (Å²) in [6.45, 7) is 1.91. The van der Waals surface area contributed by atoms with Crippen molar-refractivity contribution in [3.63, 3.8) is 0 Å². The van der Waals surface area contributed by atoms with Gasteiger partial charge in [-0.25, -0.2) is 4.98 Å². The SMILES string of the molecule is Cc1ccc(NC(=O)c2oc3ccncc3c2NC(=O)C2CCC(C(=O)N(C)C)CC2)nc1. The molecule has 0 bridgehead atoms. The van der Waals surface area contributed by atoms with Crippen LogP contribution in [-0.4, -0.2) is 46.7 Å². The normalized spacial score (nSPS) is 18.0. The zero-order valence-electron chi connectivity index (χ0n) is 18.9. The first-order valence-electron chi connectivity index (χ1n) is 11.0. The van der Waals surface area contributed by atoms with E-state index in [9.17, 15) is 14.4 Å². The van der Waals surface area contributed by atoms with Gasteiger partial charge in [0.25, 0.3) is 5.91 Å². The maximum absolute atomic E-state index is 13.1. The van der Waals surface area contributed by atoms with Crippen LogP contribution in [0.3, 0.4) is 0 Å². The number of fused-ring (bicyclic) bond motifs is 1. The van der Waals surface area contributed by atoms with Crippen molar-refractivity contribution in [1.82, 2.24) is 14.9 Å². The Morgan fingerprint density at radius 3 is 2.39 bits per heavy atom. The predicted octanol–water partition coefficient (Wildman–Crippen LogP) is 3.62. The highest BCUT2D eigenvalue weighted by atomic mass is 16.3. The van der Waals surface area contributed by atoms with E-state index in [1.165, 1.54) is 0 Å². The average molecular weight is 450 g/mol. The first kappa shape index (κ1) is 22.4. The lowest BCUT2D eigenvalue weighted by Crippen LogP contribution is -2.35. The number of anilines is 2. The van der Waals surface area contributed by atoms with Gasteiger partial charge in [0.2, 0.25) is 17.6 Å². The summed E-state index contributed by atoms with van der Waals surface area (Å²) in [4.78, 5) is 48.2. The Morgan fingerprint density at radius 2 is 1.73 bits per heavy atom. The van der Waals surface area contributed by atoms with E-state index in [0.29, 0.717) is 48.2 Å². The summed E-state index contributed by atoms with van der Waals surface area (Å²) in [5.41, 5.74) is 1.71. The maximum Gasteiger partial charge on any atom is 0.294 e. The number of rotatable bonds is 5. The highest BCUT2D eigenvalue weighted by molar-refractivity contribution is 6.14. The fourth-order valence-corrected chi connectivity index (χ4v) is 4.13. The second-order valence-electron chi connectivity index (χ2n) is 8.62. The molecular formula is C24H27N5O4. The van der Waals surface area contributed by atoms with Gasteiger partial charge in [-0.2, -0.15) is 0 Å². The van der Waals surface area contributed by atoms with Gasteiger partial charge in [-0.05, 0) is 50.3 Å². The number of nitrogens with zero attached hydrogens (tertiary/aromatic N) is 3. The van der Waals surface area contributed by atoms with Gasteiger partial charge in [-0.3, -0.25) is 19.4 Å². The molecule has 4 rings (SSSR count). The Balaban J connectivity index is 1.52. The van der Waals surface area contributed by atoms with E-state index < -0.39 is 5.91 Å². The van der Waals surface area contributed by atoms with E-state index in [0.717, 1.165) is 5.56 Å². The monoisotopic (exact) mass is 449 g/mol. The van der Waals surface area contributed by atoms with Crippen molar-refractivity contribution in [3.05, 3.63) is 48.1 Å². The molecule has 0 atom stereocenters. The van der Waals surface area contributed by atoms with Gasteiger partial charge in [-0.15, -0.1) is 0 Å². The van der Waals surface area contributed by atoms with Crippen molar-refractivity contribution in [1.29, 1.82) is 0 Å². The third-order valence-electron chi connectivity index (χ3n) is 5.98. The summed E-state index contributed by atoms with van der Waals surface area (Å²) < 4.78 is 5.78. The third-order valence-corrected chi connectivity index (χ3v) is 5.98. The van der Waals surface area contributed by atoms with Gasteiger partial charge in [0, 0.05) is 44.5 Å². The number of aromatic nitrogens is 2. The Hall–Kier alpha value is -3.75. The fraction of sp³-hybridized carbons (Fsp3) is 0.375. The van der Waals surface area contributed by atoms with Gasteiger partial charge in [0.05, 0.1) is 5.39 Å². The van der Waals surface area contributed by atoms with Crippen molar-refractivity contribution in [3.8, 4) is 0 Å². The first-order chi connectivity index (χ1) is 15.8. The van der Waals surface area contributed by atoms with E-state index in [1.54, 1.807) is 49.7 Å². The highest BCUT2D eigenvalue weighted by Crippen LogP contribution is 2.34. The molecule has 0 radical (unpaired) electrons. The minimum atomic E-state index is -0.516. The van der Waals surface area contributed by atoms with Crippen LogP contribution in [-0.2, 0) is 9.59 Å². The van der Waals surface area contributed by atoms with Gasteiger partial charge in [0.1, 0.15) is 17.1 Å². The van der Waals surface area contributed by atoms with Crippen LogP contribution < -0.4 is 10.6 Å². The van der Waals surface area contributed by atoms with Crippen LogP contribution in [0.25, 0.3) is 11.0 Å². The molecule has 9 heteroatoms. The molecule has 1 aliphatic carbocycles. The summed E-state index contributed by atoms with van der Waals surface area (Å²) >= 11 is 0. The van der Waals surface area contributed by atoms with Crippen LogP contribution in [0.5, 0.6) is 0 Å². The van der Waals surface area contributed by atoms with Crippen molar-refractivity contribution in [2.24, 2.45) is 11.8 Å². The molecule has 0 aliphatic heterocycles. The van der Waals surface area contributed by atoms with Crippen LogP contribution in [0.15, 0.2) is 41.2 Å². The van der Waals surface area contributed by atoms with Gasteiger partial charge in [-0.1, -0.05) is 6.07 Å². The zero-order valence-corrected chi connectivity index (χ0v) is 18.9. The van der Waals surface area contributed by atoms with Crippen molar-refractivity contribution in [2.45, 2.75) is 32.6 Å². The molecule has 3 aromatic rings. The van der Waals surface area contributed by atoms with E-state index in [-0.39, 0.29) is 29.4 Å². The lowest BCUT2D eigenvalue weighted by Gasteiger charge is -2.28. The quantitative estimate of drug-likeness (QED) is 0.614. The largest absolute Gasteiger partial charge is 0.448 e. The predicted molar refractivity (Wildman–Crippen MR) is 124 cm³/mol. The lowest BCUT2D eigenvalue weighted by molar-refractivity contribution is -0.135. The summed E-state index contributed by atoms with van der Waals surface area (Å²) in [7, 11) is 3.50. The topological polar surface area (TPSA) is 117 Å². The van der Waals surface area contributed by atoms with Crippen LogP contribution in [0.1, 0.15) is 41.8 Å². The van der Waals surface area contributed by atoms with E-state index >= 15 is 0 Å². The summed E-state index contributed by atoms with van der Waals surface area (Å²) in [6.07, 6.45) is 7.31. The first-order valence-corrected chi connectivity index (χ1v) is 11.0. The summed E-state index contributed by atoms with van der Waals surface area (Å²) in [6, 6.07) is 5.18. The lowest BCUT2D eigenvalue weighted by atomic mass is 9.81. The maximum atomic E-state index is 13.1. The summed E-state index contributed by atoms with van der Waals surface area (Å²) in [5, 5.41) is 6.15. The number of aryl methyl sites for hydroxylation is 1. The minimum Gasteiger partial charge on any atom is -0.448 e. The Labute approximate surface area is 191 Å². The number of hydrogen-bond acceptors (Lipinski definition) is 6. The molecule has 1 saturated carbocycles. The minimum absolute atomic E-state index is 0.00908. The number of furan rings is 1. The van der Waals surface area contributed by atoms with Gasteiger partial charge < -0.3 is 20.0 Å². The highest BCUT2D eigenvalue weighted by Gasteiger charge is 2.32. The second-order valence-corrected chi connectivity index (χ2v) is 8.62. The molecular weight excluding hydrogens is 422 g/mol. The molecule has 2 N–H and O–H groups in total. The molecule has 3 aromatic heterocycles. The zero-order chi connectivity index (χ0) is 23.5. The van der Waals surface area contributed by atoms with Gasteiger partial charge in [0.15, 0.2) is 0 Å². The number of carbonyl (C=O) groups is 3. The molecule has 33 heavy (non-hydrogen) atoms. The smallest absolute Gasteiger partial charge is 0.294 e. The molecule has 3 amide bonds. The van der Waals surface area contributed by atoms with Crippen LogP contribution in [0, 0.1) is 18.8 Å². The Kier molecular flexibility index (Phi) is 6.39. The van der Waals surface area contributed by atoms with Gasteiger partial charge >= 0.3 is 0 Å². The molecule has 3 heterocycles. The standard InChI is InChI=1S/C24H27N5O4/c1-14-4-9-19(26-12-14)27-23(31)21-20(17-13-25-11-10-18(17)33-21)28-22(30)15-5-7-16(8-6-15)24(32)29(2)3/h4,9-13,15-16H,5-8H2,1-3H3,(H,28,30)(H,26,27,31). The molecule has 0 unspecified atom stereocenters. The number of pyridine rings is 2. The fourth-order valence-electron chi connectivity index (χ4n) is 4.13. The van der Waals surface area contributed by atoms with E-state index in [4.69, 9.17) is 4.42 Å². The van der Waals surface area contributed by atoms with Crippen LogP contribution >= 0.6 is 0 Å². The van der Waals surface area contributed by atoms with Crippen LogP contribution in [0.2, 0.25) is 0 Å². The second kappa shape index (κ2) is 9.40. The van der Waals surface area contributed by atoms with Crippen LogP contribution in [0.4, 0.5) is 11.5 Å². The molecule has 0 spiro atoms. The Morgan fingerprint density at radius 1 is 1.00 bits per heavy atom. The molecule has 172 valence electrons. The van der Waals surface area contributed by atoms with Crippen molar-refractivity contribution < 1.29 is 18.8 Å². The number of nitrogens with one attached hydrogen (secondary N) is 2. The third kappa shape index (κ3) is 4.87. The molecule has 0 saturated heterocycles. The Bertz CT molecular complexity index is 1180. The molecule has 0 aromatic carbocycles. The molecule has 1 fully saturated rings. The average Bonchev–Trinajstić information content (AvgIpc) is 3.18. The summed E-state index contributed by atoms with van der Waals surface area (Å²) in [5.74, 6) is -0.531. The van der Waals surface area contributed by atoms with E-state index in [1.807, 2.05) is 13.0 Å².